The van der Waals surface area contributed by atoms with Gasteiger partial charge in [-0.3, -0.25) is 4.98 Å². The third kappa shape index (κ3) is 4.18. The topological polar surface area (TPSA) is 104 Å². The lowest BCUT2D eigenvalue weighted by Crippen LogP contribution is -2.42. The summed E-state index contributed by atoms with van der Waals surface area (Å²) in [5.41, 5.74) is 6.78. The van der Waals surface area contributed by atoms with E-state index in [-0.39, 0.29) is 18.0 Å². The van der Waals surface area contributed by atoms with E-state index in [1.807, 2.05) is 6.07 Å². The summed E-state index contributed by atoms with van der Waals surface area (Å²) in [6.07, 6.45) is 3.17. The SMILES string of the molecule is CCC(C)(CCO)NCc1cccnc1/C(N)=N/O. The number of oxime groups is 1. The first-order valence-electron chi connectivity index (χ1n) is 6.34. The Morgan fingerprint density at radius 1 is 1.58 bits per heavy atom. The summed E-state index contributed by atoms with van der Waals surface area (Å²) in [5, 5.41) is 24.2. The van der Waals surface area contributed by atoms with Crippen molar-refractivity contribution >= 4 is 5.84 Å². The first-order chi connectivity index (χ1) is 9.06. The molecule has 0 amide bonds. The van der Waals surface area contributed by atoms with Crippen molar-refractivity contribution in [2.24, 2.45) is 10.9 Å². The number of hydrogen-bond acceptors (Lipinski definition) is 5. The highest BCUT2D eigenvalue weighted by Crippen LogP contribution is 2.15. The fourth-order valence-electron chi connectivity index (χ4n) is 1.80. The lowest BCUT2D eigenvalue weighted by molar-refractivity contribution is 0.214. The van der Waals surface area contributed by atoms with Crippen molar-refractivity contribution in [3.8, 4) is 0 Å². The summed E-state index contributed by atoms with van der Waals surface area (Å²) in [7, 11) is 0. The van der Waals surface area contributed by atoms with Gasteiger partial charge in [0.05, 0.1) is 0 Å². The van der Waals surface area contributed by atoms with E-state index in [4.69, 9.17) is 16.0 Å². The second-order valence-electron chi connectivity index (χ2n) is 4.74. The van der Waals surface area contributed by atoms with Crippen LogP contribution in [0.4, 0.5) is 0 Å². The maximum absolute atomic E-state index is 9.09. The quantitative estimate of drug-likeness (QED) is 0.253. The number of nitrogens with zero attached hydrogens (tertiary/aromatic N) is 2. The van der Waals surface area contributed by atoms with Crippen molar-refractivity contribution in [1.29, 1.82) is 0 Å². The third-order valence-corrected chi connectivity index (χ3v) is 3.39. The molecule has 0 saturated heterocycles. The molecule has 19 heavy (non-hydrogen) atoms. The van der Waals surface area contributed by atoms with Crippen LogP contribution in [0.2, 0.25) is 0 Å². The van der Waals surface area contributed by atoms with Gasteiger partial charge in [-0.25, -0.2) is 0 Å². The van der Waals surface area contributed by atoms with Crippen LogP contribution in [0, 0.1) is 0 Å². The largest absolute Gasteiger partial charge is 0.409 e. The van der Waals surface area contributed by atoms with Gasteiger partial charge < -0.3 is 21.4 Å². The van der Waals surface area contributed by atoms with E-state index < -0.39 is 0 Å². The second kappa shape index (κ2) is 7.06. The molecule has 0 radical (unpaired) electrons. The second-order valence-corrected chi connectivity index (χ2v) is 4.74. The minimum Gasteiger partial charge on any atom is -0.409 e. The number of hydrogen-bond donors (Lipinski definition) is 4. The molecule has 6 nitrogen and oxygen atoms in total. The number of rotatable bonds is 7. The Morgan fingerprint density at radius 2 is 2.32 bits per heavy atom. The zero-order valence-corrected chi connectivity index (χ0v) is 11.4. The van der Waals surface area contributed by atoms with Crippen molar-refractivity contribution in [3.05, 3.63) is 29.6 Å². The molecule has 106 valence electrons. The molecule has 1 atom stereocenters. The molecular formula is C13H22N4O2. The summed E-state index contributed by atoms with van der Waals surface area (Å²) < 4.78 is 0. The van der Waals surface area contributed by atoms with Crippen molar-refractivity contribution in [2.75, 3.05) is 6.61 Å². The van der Waals surface area contributed by atoms with Gasteiger partial charge in [-0.15, -0.1) is 0 Å². The molecule has 1 rings (SSSR count). The van der Waals surface area contributed by atoms with Gasteiger partial charge in [0.1, 0.15) is 5.69 Å². The molecule has 1 aromatic rings. The van der Waals surface area contributed by atoms with Crippen LogP contribution in [0.1, 0.15) is 37.9 Å². The van der Waals surface area contributed by atoms with Crippen LogP contribution in [-0.4, -0.2) is 33.3 Å². The predicted octanol–water partition coefficient (Wildman–Crippen LogP) is 0.817. The Kier molecular flexibility index (Phi) is 5.72. The highest BCUT2D eigenvalue weighted by atomic mass is 16.4. The van der Waals surface area contributed by atoms with Gasteiger partial charge in [-0.2, -0.15) is 0 Å². The lowest BCUT2D eigenvalue weighted by atomic mass is 9.94. The van der Waals surface area contributed by atoms with Crippen LogP contribution >= 0.6 is 0 Å². The van der Waals surface area contributed by atoms with E-state index >= 15 is 0 Å². The standard InChI is InChI=1S/C13H22N4O2/c1-3-13(2,6-8-18)16-9-10-5-4-7-15-11(10)12(14)17-19/h4-5,7,16,18-19H,3,6,8-9H2,1-2H3,(H2,14,17). The molecule has 0 aliphatic carbocycles. The zero-order valence-electron chi connectivity index (χ0n) is 11.4. The fourth-order valence-corrected chi connectivity index (χ4v) is 1.80. The Labute approximate surface area is 113 Å². The van der Waals surface area contributed by atoms with Crippen molar-refractivity contribution in [2.45, 2.75) is 38.8 Å². The number of aliphatic hydroxyl groups is 1. The first-order valence-corrected chi connectivity index (χ1v) is 6.34. The van der Waals surface area contributed by atoms with Gasteiger partial charge in [0.2, 0.25) is 0 Å². The van der Waals surface area contributed by atoms with E-state index in [9.17, 15) is 0 Å². The number of nitrogens with two attached hydrogens (primary N) is 1. The monoisotopic (exact) mass is 266 g/mol. The minimum absolute atomic E-state index is 0.00207. The molecule has 0 bridgehead atoms. The van der Waals surface area contributed by atoms with E-state index in [1.165, 1.54) is 0 Å². The highest BCUT2D eigenvalue weighted by molar-refractivity contribution is 5.96. The molecule has 5 N–H and O–H groups in total. The predicted molar refractivity (Wildman–Crippen MR) is 74.0 cm³/mol. The number of pyridine rings is 1. The summed E-state index contributed by atoms with van der Waals surface area (Å²) in [6.45, 7) is 4.81. The smallest absolute Gasteiger partial charge is 0.189 e. The van der Waals surface area contributed by atoms with Crippen molar-refractivity contribution in [3.63, 3.8) is 0 Å². The van der Waals surface area contributed by atoms with Crippen LogP contribution in [0.25, 0.3) is 0 Å². The van der Waals surface area contributed by atoms with Crippen LogP contribution < -0.4 is 11.1 Å². The maximum Gasteiger partial charge on any atom is 0.189 e. The van der Waals surface area contributed by atoms with Crippen molar-refractivity contribution in [1.82, 2.24) is 10.3 Å². The zero-order chi connectivity index (χ0) is 14.3. The Bertz CT molecular complexity index is 436. The van der Waals surface area contributed by atoms with E-state index in [2.05, 4.69) is 29.3 Å². The molecular weight excluding hydrogens is 244 g/mol. The number of nitrogens with one attached hydrogen (secondary N) is 1. The molecule has 0 aromatic carbocycles. The van der Waals surface area contributed by atoms with E-state index in [0.29, 0.717) is 18.7 Å². The molecule has 1 unspecified atom stereocenters. The average Bonchev–Trinajstić information content (AvgIpc) is 2.45. The average molecular weight is 266 g/mol. The van der Waals surface area contributed by atoms with Gasteiger partial charge >= 0.3 is 0 Å². The molecule has 0 spiro atoms. The number of aromatic nitrogens is 1. The van der Waals surface area contributed by atoms with Gasteiger partial charge in [0.15, 0.2) is 5.84 Å². The Morgan fingerprint density at radius 3 is 2.89 bits per heavy atom. The third-order valence-electron chi connectivity index (χ3n) is 3.39. The molecule has 1 heterocycles. The maximum atomic E-state index is 9.09. The molecule has 0 fully saturated rings. The number of aliphatic hydroxyl groups excluding tert-OH is 1. The summed E-state index contributed by atoms with van der Waals surface area (Å²) >= 11 is 0. The first kappa shape index (κ1) is 15.4. The van der Waals surface area contributed by atoms with Crippen LogP contribution in [0.5, 0.6) is 0 Å². The normalized spacial score (nSPS) is 15.2. The van der Waals surface area contributed by atoms with Gasteiger partial charge in [-0.1, -0.05) is 18.1 Å². The molecule has 0 saturated carbocycles. The number of amidine groups is 1. The summed E-state index contributed by atoms with van der Waals surface area (Å²) in [5.74, 6) is -0.00207. The van der Waals surface area contributed by atoms with E-state index in [0.717, 1.165) is 12.0 Å². The molecule has 1 aromatic heterocycles. The lowest BCUT2D eigenvalue weighted by Gasteiger charge is -2.29. The van der Waals surface area contributed by atoms with E-state index in [1.54, 1.807) is 12.3 Å². The van der Waals surface area contributed by atoms with Gasteiger partial charge in [-0.05, 0) is 31.4 Å². The Balaban J connectivity index is 2.83. The minimum atomic E-state index is -0.146. The van der Waals surface area contributed by atoms with Gasteiger partial charge in [0, 0.05) is 24.9 Å². The molecule has 6 heteroatoms. The molecule has 0 aliphatic rings. The van der Waals surface area contributed by atoms with Crippen LogP contribution in [0.15, 0.2) is 23.5 Å². The molecule has 0 aliphatic heterocycles. The van der Waals surface area contributed by atoms with Gasteiger partial charge in [0.25, 0.3) is 0 Å². The van der Waals surface area contributed by atoms with Crippen LogP contribution in [-0.2, 0) is 6.54 Å². The highest BCUT2D eigenvalue weighted by Gasteiger charge is 2.21. The fraction of sp³-hybridized carbons (Fsp3) is 0.538. The Hall–Kier alpha value is -1.66. The van der Waals surface area contributed by atoms with Crippen LogP contribution in [0.3, 0.4) is 0 Å². The van der Waals surface area contributed by atoms with Crippen molar-refractivity contribution < 1.29 is 10.3 Å². The summed E-state index contributed by atoms with van der Waals surface area (Å²) in [6, 6.07) is 3.68. The summed E-state index contributed by atoms with van der Waals surface area (Å²) in [4.78, 5) is 4.12.